The normalized spacial score (nSPS) is 23.0. The van der Waals surface area contributed by atoms with Crippen LogP contribution in [0, 0.1) is 0 Å². The molecule has 0 atom stereocenters. The minimum Gasteiger partial charge on any atom is -0.299 e. The van der Waals surface area contributed by atoms with Gasteiger partial charge >= 0.3 is 0 Å². The van der Waals surface area contributed by atoms with E-state index in [1.54, 1.807) is 0 Å². The highest BCUT2D eigenvalue weighted by atomic mass is 16.2. The Kier molecular flexibility index (Phi) is 2.72. The number of ketones is 2. The van der Waals surface area contributed by atoms with Crippen LogP contribution in [0.5, 0.6) is 0 Å². The lowest BCUT2D eigenvalue weighted by Crippen LogP contribution is -2.55. The van der Waals surface area contributed by atoms with Crippen LogP contribution >= 0.6 is 0 Å². The Bertz CT molecular complexity index is 341. The Morgan fingerprint density at radius 3 is 1.38 bits per heavy atom. The van der Waals surface area contributed by atoms with E-state index in [2.05, 4.69) is 0 Å². The number of rotatable bonds is 1. The highest BCUT2D eigenvalue weighted by Gasteiger charge is 2.34. The van der Waals surface area contributed by atoms with Crippen molar-refractivity contribution in [3.8, 4) is 0 Å². The van der Waals surface area contributed by atoms with E-state index in [4.69, 9.17) is 0 Å². The van der Waals surface area contributed by atoms with Crippen LogP contribution in [0.2, 0.25) is 0 Å². The zero-order valence-corrected chi connectivity index (χ0v) is 8.77. The fourth-order valence-electron chi connectivity index (χ4n) is 1.92. The first-order chi connectivity index (χ1) is 7.58. The van der Waals surface area contributed by atoms with Gasteiger partial charge in [-0.25, -0.2) is 0 Å². The van der Waals surface area contributed by atoms with Gasteiger partial charge in [0.05, 0.1) is 12.8 Å². The summed E-state index contributed by atoms with van der Waals surface area (Å²) in [5.74, 6) is -0.888. The van der Waals surface area contributed by atoms with Crippen molar-refractivity contribution in [2.45, 2.75) is 25.7 Å². The minimum atomic E-state index is -0.348. The van der Waals surface area contributed by atoms with Crippen molar-refractivity contribution in [2.75, 3.05) is 13.1 Å². The first-order valence-corrected chi connectivity index (χ1v) is 5.22. The van der Waals surface area contributed by atoms with Gasteiger partial charge in [0.15, 0.2) is 0 Å². The van der Waals surface area contributed by atoms with Gasteiger partial charge < -0.3 is 0 Å². The molecule has 2 saturated heterocycles. The van der Waals surface area contributed by atoms with E-state index in [1.807, 2.05) is 0 Å². The maximum absolute atomic E-state index is 11.6. The van der Waals surface area contributed by atoms with Gasteiger partial charge in [0.25, 0.3) is 0 Å². The molecule has 6 heteroatoms. The summed E-state index contributed by atoms with van der Waals surface area (Å²) >= 11 is 0. The topological polar surface area (TPSA) is 74.8 Å². The molecule has 0 aromatic heterocycles. The van der Waals surface area contributed by atoms with E-state index in [0.717, 1.165) is 0 Å². The van der Waals surface area contributed by atoms with Crippen molar-refractivity contribution in [1.29, 1.82) is 0 Å². The van der Waals surface area contributed by atoms with E-state index in [9.17, 15) is 19.2 Å². The molecule has 2 heterocycles. The summed E-state index contributed by atoms with van der Waals surface area (Å²) in [6.07, 6.45) is 0.280. The lowest BCUT2D eigenvalue weighted by atomic mass is 10.1. The van der Waals surface area contributed by atoms with Crippen molar-refractivity contribution in [2.24, 2.45) is 0 Å². The Morgan fingerprint density at radius 2 is 1.06 bits per heavy atom. The molecule has 0 aliphatic carbocycles. The van der Waals surface area contributed by atoms with Crippen LogP contribution in [-0.2, 0) is 19.2 Å². The van der Waals surface area contributed by atoms with Crippen molar-refractivity contribution in [3.05, 3.63) is 0 Å². The number of carbonyl (C=O) groups is 4. The van der Waals surface area contributed by atoms with Crippen LogP contribution in [0.25, 0.3) is 0 Å². The second-order valence-electron chi connectivity index (χ2n) is 3.96. The standard InChI is InChI=1S/C10H12N2O4/c13-7-1-3-11(9(15)5-7)12-4-2-8(14)6-10(12)16/h1-6H2. The minimum absolute atomic E-state index is 0.0956. The van der Waals surface area contributed by atoms with Gasteiger partial charge in [-0.1, -0.05) is 0 Å². The molecule has 0 radical (unpaired) electrons. The van der Waals surface area contributed by atoms with Crippen molar-refractivity contribution >= 4 is 23.4 Å². The second-order valence-corrected chi connectivity index (χ2v) is 3.96. The molecule has 2 rings (SSSR count). The Hall–Kier alpha value is -1.72. The van der Waals surface area contributed by atoms with Crippen molar-refractivity contribution in [1.82, 2.24) is 10.0 Å². The van der Waals surface area contributed by atoms with Gasteiger partial charge in [0.2, 0.25) is 11.8 Å². The van der Waals surface area contributed by atoms with Crippen LogP contribution < -0.4 is 0 Å². The molecule has 6 nitrogen and oxygen atoms in total. The molecule has 2 fully saturated rings. The third-order valence-electron chi connectivity index (χ3n) is 2.77. The molecule has 2 aliphatic rings. The van der Waals surface area contributed by atoms with Crippen LogP contribution in [0.4, 0.5) is 0 Å². The van der Waals surface area contributed by atoms with Crippen LogP contribution in [0.3, 0.4) is 0 Å². The quantitative estimate of drug-likeness (QED) is 0.551. The highest BCUT2D eigenvalue weighted by molar-refractivity contribution is 6.03. The van der Waals surface area contributed by atoms with E-state index in [-0.39, 0.29) is 62.2 Å². The van der Waals surface area contributed by atoms with Gasteiger partial charge in [-0.2, -0.15) is 0 Å². The lowest BCUT2D eigenvalue weighted by Gasteiger charge is -2.38. The molecule has 2 aliphatic heterocycles. The first-order valence-electron chi connectivity index (χ1n) is 5.22. The van der Waals surface area contributed by atoms with Crippen molar-refractivity contribution < 1.29 is 19.2 Å². The zero-order chi connectivity index (χ0) is 11.7. The molecule has 0 aromatic carbocycles. The maximum Gasteiger partial charge on any atom is 0.248 e. The fourth-order valence-corrected chi connectivity index (χ4v) is 1.92. The van der Waals surface area contributed by atoms with Crippen LogP contribution in [0.1, 0.15) is 25.7 Å². The van der Waals surface area contributed by atoms with E-state index in [1.165, 1.54) is 10.0 Å². The van der Waals surface area contributed by atoms with Gasteiger partial charge in [-0.05, 0) is 0 Å². The summed E-state index contributed by atoms with van der Waals surface area (Å²) < 4.78 is 0. The van der Waals surface area contributed by atoms with E-state index in [0.29, 0.717) is 0 Å². The third-order valence-corrected chi connectivity index (χ3v) is 2.77. The van der Waals surface area contributed by atoms with Crippen molar-refractivity contribution in [3.63, 3.8) is 0 Å². The SMILES string of the molecule is O=C1CCN(N2CCC(=O)CC2=O)C(=O)C1. The molecule has 0 bridgehead atoms. The first kappa shape index (κ1) is 10.8. The molecule has 0 saturated carbocycles. The van der Waals surface area contributed by atoms with Crippen LogP contribution in [0.15, 0.2) is 0 Å². The second kappa shape index (κ2) is 4.03. The van der Waals surface area contributed by atoms with Crippen LogP contribution in [-0.4, -0.2) is 46.5 Å². The largest absolute Gasteiger partial charge is 0.299 e. The monoisotopic (exact) mass is 224 g/mol. The number of amides is 2. The number of carbonyl (C=O) groups excluding carboxylic acids is 4. The third kappa shape index (κ3) is 1.95. The van der Waals surface area contributed by atoms with Gasteiger partial charge in [-0.3, -0.25) is 29.2 Å². The Labute approximate surface area is 92.1 Å². The maximum atomic E-state index is 11.6. The fraction of sp³-hybridized carbons (Fsp3) is 0.600. The number of Topliss-reactive ketones (excluding diaryl/α,β-unsaturated/α-hetero) is 2. The molecule has 86 valence electrons. The summed E-state index contributed by atoms with van der Waals surface area (Å²) in [4.78, 5) is 45.2. The molecule has 0 aromatic rings. The molecule has 16 heavy (non-hydrogen) atoms. The lowest BCUT2D eigenvalue weighted by molar-refractivity contribution is -0.171. The summed E-state index contributed by atoms with van der Waals surface area (Å²) in [5, 5.41) is 2.60. The Morgan fingerprint density at radius 1 is 0.688 bits per heavy atom. The smallest absolute Gasteiger partial charge is 0.248 e. The predicted octanol–water partition coefficient (Wildman–Crippen LogP) is -0.716. The predicted molar refractivity (Wildman–Crippen MR) is 51.9 cm³/mol. The molecule has 0 spiro atoms. The molecule has 0 unspecified atom stereocenters. The highest BCUT2D eigenvalue weighted by Crippen LogP contribution is 2.16. The molecular formula is C10H12N2O4. The number of nitrogens with zero attached hydrogens (tertiary/aromatic N) is 2. The number of piperidine rings is 2. The number of hydrogen-bond donors (Lipinski definition) is 0. The van der Waals surface area contributed by atoms with E-state index >= 15 is 0 Å². The average molecular weight is 224 g/mol. The summed E-state index contributed by atoms with van der Waals surface area (Å²) in [6.45, 7) is 0.495. The Balaban J connectivity index is 2.07. The summed E-state index contributed by atoms with van der Waals surface area (Å²) in [6, 6.07) is 0. The summed E-state index contributed by atoms with van der Waals surface area (Å²) in [5.41, 5.74) is 0. The molecule has 0 N–H and O–H groups in total. The van der Waals surface area contributed by atoms with Gasteiger partial charge in [0.1, 0.15) is 11.6 Å². The van der Waals surface area contributed by atoms with E-state index < -0.39 is 0 Å². The number of hydrogen-bond acceptors (Lipinski definition) is 4. The molecule has 2 amide bonds. The molecular weight excluding hydrogens is 212 g/mol. The number of hydrazine groups is 1. The average Bonchev–Trinajstić information content (AvgIpc) is 2.19. The van der Waals surface area contributed by atoms with Gasteiger partial charge in [-0.15, -0.1) is 0 Å². The van der Waals surface area contributed by atoms with Gasteiger partial charge in [0, 0.05) is 25.9 Å². The summed E-state index contributed by atoms with van der Waals surface area (Å²) in [7, 11) is 0. The zero-order valence-electron chi connectivity index (χ0n) is 8.77.